The molecule has 116 valence electrons. The number of aliphatic hydroxyl groups is 1. The third kappa shape index (κ3) is 4.76. The highest BCUT2D eigenvalue weighted by Crippen LogP contribution is 2.33. The minimum absolute atomic E-state index is 0.261. The molecule has 1 atom stereocenters. The summed E-state index contributed by atoms with van der Waals surface area (Å²) in [4.78, 5) is 2.10. The van der Waals surface area contributed by atoms with Gasteiger partial charge in [0.2, 0.25) is 0 Å². The Labute approximate surface area is 127 Å². The average Bonchev–Trinajstić information content (AvgIpc) is 2.76. The van der Waals surface area contributed by atoms with Crippen molar-refractivity contribution in [1.82, 2.24) is 14.7 Å². The summed E-state index contributed by atoms with van der Waals surface area (Å²) >= 11 is 6.24. The molecule has 0 aliphatic rings. The first-order valence-corrected chi connectivity index (χ1v) is 7.93. The standard InChI is InChI=1S/C15H28ClN3O/c1-5-7-12(8-6-2)15(20)14-13(16)11-17-19(14)10-9-18(3)4/h11-12,15,20H,5-10H2,1-4H3. The van der Waals surface area contributed by atoms with Crippen LogP contribution in [0.25, 0.3) is 0 Å². The maximum atomic E-state index is 10.7. The van der Waals surface area contributed by atoms with E-state index < -0.39 is 6.10 Å². The topological polar surface area (TPSA) is 41.3 Å². The molecule has 0 fully saturated rings. The van der Waals surface area contributed by atoms with Gasteiger partial charge in [-0.25, -0.2) is 0 Å². The Morgan fingerprint density at radius 1 is 1.30 bits per heavy atom. The summed E-state index contributed by atoms with van der Waals surface area (Å²) in [5.74, 6) is 0.261. The summed E-state index contributed by atoms with van der Waals surface area (Å²) in [6.07, 6.45) is 5.31. The number of aromatic nitrogens is 2. The van der Waals surface area contributed by atoms with Crippen LogP contribution >= 0.6 is 11.6 Å². The number of nitrogens with zero attached hydrogens (tertiary/aromatic N) is 3. The summed E-state index contributed by atoms with van der Waals surface area (Å²) in [6.45, 7) is 5.93. The lowest BCUT2D eigenvalue weighted by atomic mass is 9.90. The van der Waals surface area contributed by atoms with Crippen LogP contribution in [-0.2, 0) is 6.54 Å². The molecule has 1 N–H and O–H groups in total. The SMILES string of the molecule is CCCC(CCC)C(O)c1c(Cl)cnn1CCN(C)C. The predicted octanol–water partition coefficient (Wildman–Crippen LogP) is 3.35. The van der Waals surface area contributed by atoms with Gasteiger partial charge in [0, 0.05) is 6.54 Å². The fourth-order valence-electron chi connectivity index (χ4n) is 2.56. The number of rotatable bonds is 9. The van der Waals surface area contributed by atoms with Crippen LogP contribution in [0.5, 0.6) is 0 Å². The number of halogens is 1. The molecular formula is C15H28ClN3O. The first-order valence-electron chi connectivity index (χ1n) is 7.55. The maximum absolute atomic E-state index is 10.7. The van der Waals surface area contributed by atoms with Crippen LogP contribution in [0.4, 0.5) is 0 Å². The summed E-state index contributed by atoms with van der Waals surface area (Å²) < 4.78 is 1.85. The quantitative estimate of drug-likeness (QED) is 0.760. The summed E-state index contributed by atoms with van der Waals surface area (Å²) in [5, 5.41) is 15.6. The lowest BCUT2D eigenvalue weighted by Gasteiger charge is -2.24. The van der Waals surface area contributed by atoms with E-state index in [1.165, 1.54) is 0 Å². The van der Waals surface area contributed by atoms with E-state index in [4.69, 9.17) is 11.6 Å². The van der Waals surface area contributed by atoms with Gasteiger partial charge in [0.15, 0.2) is 0 Å². The molecule has 4 nitrogen and oxygen atoms in total. The minimum Gasteiger partial charge on any atom is -0.386 e. The molecule has 1 aromatic rings. The smallest absolute Gasteiger partial charge is 0.0999 e. The fraction of sp³-hybridized carbons (Fsp3) is 0.800. The first-order chi connectivity index (χ1) is 9.51. The summed E-state index contributed by atoms with van der Waals surface area (Å²) in [7, 11) is 4.05. The van der Waals surface area contributed by atoms with Crippen molar-refractivity contribution in [3.63, 3.8) is 0 Å². The second kappa shape index (κ2) is 8.65. The highest BCUT2D eigenvalue weighted by atomic mass is 35.5. The average molecular weight is 302 g/mol. The van der Waals surface area contributed by atoms with Gasteiger partial charge in [0.1, 0.15) is 0 Å². The van der Waals surface area contributed by atoms with Gasteiger partial charge in [0.05, 0.1) is 29.6 Å². The zero-order valence-electron chi connectivity index (χ0n) is 13.1. The van der Waals surface area contributed by atoms with E-state index in [1.54, 1.807) is 6.20 Å². The zero-order valence-corrected chi connectivity index (χ0v) is 13.9. The molecule has 0 radical (unpaired) electrons. The Hall–Kier alpha value is -0.580. The van der Waals surface area contributed by atoms with Gasteiger partial charge in [-0.3, -0.25) is 4.68 Å². The van der Waals surface area contributed by atoms with Crippen molar-refractivity contribution >= 4 is 11.6 Å². The normalized spacial score (nSPS) is 13.4. The van der Waals surface area contributed by atoms with Gasteiger partial charge in [-0.15, -0.1) is 0 Å². The number of likely N-dealkylation sites (N-methyl/N-ethyl adjacent to an activating group) is 1. The van der Waals surface area contributed by atoms with Crippen molar-refractivity contribution in [2.45, 2.75) is 52.2 Å². The number of hydrogen-bond acceptors (Lipinski definition) is 3. The molecule has 1 unspecified atom stereocenters. The molecule has 1 rings (SSSR count). The lowest BCUT2D eigenvalue weighted by molar-refractivity contribution is 0.0872. The van der Waals surface area contributed by atoms with Gasteiger partial charge in [-0.1, -0.05) is 38.3 Å². The minimum atomic E-state index is -0.521. The van der Waals surface area contributed by atoms with E-state index in [9.17, 15) is 5.11 Å². The van der Waals surface area contributed by atoms with E-state index >= 15 is 0 Å². The fourth-order valence-corrected chi connectivity index (χ4v) is 2.82. The van der Waals surface area contributed by atoms with Gasteiger partial charge in [-0.05, 0) is 32.9 Å². The molecule has 0 aliphatic heterocycles. The third-order valence-electron chi connectivity index (χ3n) is 3.64. The van der Waals surface area contributed by atoms with Gasteiger partial charge in [-0.2, -0.15) is 5.10 Å². The summed E-state index contributed by atoms with van der Waals surface area (Å²) in [6, 6.07) is 0. The molecule has 5 heteroatoms. The maximum Gasteiger partial charge on any atom is 0.0999 e. The molecule has 20 heavy (non-hydrogen) atoms. The molecule has 0 bridgehead atoms. The second-order valence-corrected chi connectivity index (χ2v) is 6.09. The molecule has 0 saturated carbocycles. The molecule has 1 aromatic heterocycles. The van der Waals surface area contributed by atoms with Crippen molar-refractivity contribution in [2.75, 3.05) is 20.6 Å². The van der Waals surface area contributed by atoms with E-state index in [1.807, 2.05) is 18.8 Å². The van der Waals surface area contributed by atoms with Crippen molar-refractivity contribution in [3.05, 3.63) is 16.9 Å². The number of hydrogen-bond donors (Lipinski definition) is 1. The van der Waals surface area contributed by atoms with Crippen molar-refractivity contribution in [2.24, 2.45) is 5.92 Å². The Balaban J connectivity index is 2.88. The Morgan fingerprint density at radius 2 is 1.90 bits per heavy atom. The molecule has 0 saturated heterocycles. The van der Waals surface area contributed by atoms with Crippen molar-refractivity contribution in [1.29, 1.82) is 0 Å². The number of aliphatic hydroxyl groups excluding tert-OH is 1. The molecule has 0 aromatic carbocycles. The van der Waals surface area contributed by atoms with Crippen LogP contribution in [0.2, 0.25) is 5.02 Å². The first kappa shape index (κ1) is 17.5. The van der Waals surface area contributed by atoms with Crippen LogP contribution in [-0.4, -0.2) is 40.4 Å². The predicted molar refractivity (Wildman–Crippen MR) is 84.1 cm³/mol. The molecule has 1 heterocycles. The highest BCUT2D eigenvalue weighted by Gasteiger charge is 2.25. The lowest BCUT2D eigenvalue weighted by Crippen LogP contribution is -2.23. The Morgan fingerprint density at radius 3 is 2.40 bits per heavy atom. The van der Waals surface area contributed by atoms with Gasteiger partial charge >= 0.3 is 0 Å². The van der Waals surface area contributed by atoms with E-state index in [-0.39, 0.29) is 5.92 Å². The zero-order chi connectivity index (χ0) is 15.1. The van der Waals surface area contributed by atoms with Crippen LogP contribution < -0.4 is 0 Å². The molecule has 0 aliphatic carbocycles. The Kier molecular flexibility index (Phi) is 7.56. The molecule has 0 spiro atoms. The van der Waals surface area contributed by atoms with Gasteiger partial charge in [0.25, 0.3) is 0 Å². The van der Waals surface area contributed by atoms with E-state index in [0.717, 1.165) is 44.5 Å². The van der Waals surface area contributed by atoms with Crippen molar-refractivity contribution < 1.29 is 5.11 Å². The van der Waals surface area contributed by atoms with Crippen LogP contribution in [0.1, 0.15) is 51.3 Å². The van der Waals surface area contributed by atoms with Crippen molar-refractivity contribution in [3.8, 4) is 0 Å². The van der Waals surface area contributed by atoms with Gasteiger partial charge < -0.3 is 10.0 Å². The van der Waals surface area contributed by atoms with E-state index in [2.05, 4.69) is 23.8 Å². The van der Waals surface area contributed by atoms with E-state index in [0.29, 0.717) is 5.02 Å². The van der Waals surface area contributed by atoms with Crippen LogP contribution in [0.15, 0.2) is 6.20 Å². The van der Waals surface area contributed by atoms with Crippen LogP contribution in [0, 0.1) is 5.92 Å². The monoisotopic (exact) mass is 301 g/mol. The third-order valence-corrected chi connectivity index (χ3v) is 3.93. The highest BCUT2D eigenvalue weighted by molar-refractivity contribution is 6.31. The summed E-state index contributed by atoms with van der Waals surface area (Å²) in [5.41, 5.74) is 0.778. The Bertz CT molecular complexity index is 386. The molecule has 0 amide bonds. The largest absolute Gasteiger partial charge is 0.386 e. The molecular weight excluding hydrogens is 274 g/mol. The second-order valence-electron chi connectivity index (χ2n) is 5.69. The van der Waals surface area contributed by atoms with Crippen LogP contribution in [0.3, 0.4) is 0 Å².